The van der Waals surface area contributed by atoms with Gasteiger partial charge in [0.15, 0.2) is 0 Å². The molecule has 20 heavy (non-hydrogen) atoms. The number of unbranched alkanes of at least 4 members (excludes halogenated alkanes) is 1. The molecular weight excluding hydrogens is 246 g/mol. The summed E-state index contributed by atoms with van der Waals surface area (Å²) in [7, 11) is 1.94. The van der Waals surface area contributed by atoms with Crippen molar-refractivity contribution < 1.29 is 0 Å². The molecule has 106 valence electrons. The predicted octanol–water partition coefficient (Wildman–Crippen LogP) is 3.74. The number of benzene rings is 1. The zero-order valence-electron chi connectivity index (χ0n) is 12.3. The Hall–Kier alpha value is -1.87. The van der Waals surface area contributed by atoms with Crippen LogP contribution in [0.5, 0.6) is 0 Å². The van der Waals surface area contributed by atoms with E-state index >= 15 is 0 Å². The van der Waals surface area contributed by atoms with E-state index in [2.05, 4.69) is 64.6 Å². The summed E-state index contributed by atoms with van der Waals surface area (Å²) in [5.74, 6) is 0. The fourth-order valence-electron chi connectivity index (χ4n) is 2.24. The Morgan fingerprint density at radius 2 is 1.90 bits per heavy atom. The normalized spacial score (nSPS) is 10.5. The molecule has 1 heterocycles. The highest BCUT2D eigenvalue weighted by atomic mass is 15.1. The molecule has 3 heteroatoms. The molecule has 0 aliphatic rings. The lowest BCUT2D eigenvalue weighted by Gasteiger charge is -2.25. The molecule has 0 saturated heterocycles. The van der Waals surface area contributed by atoms with Crippen LogP contribution in [-0.2, 0) is 6.54 Å². The summed E-state index contributed by atoms with van der Waals surface area (Å²) in [4.78, 5) is 6.76. The van der Waals surface area contributed by atoms with Gasteiger partial charge in [-0.2, -0.15) is 0 Å². The number of nitrogens with zero attached hydrogens (tertiary/aromatic N) is 2. The van der Waals surface area contributed by atoms with Gasteiger partial charge in [-0.3, -0.25) is 4.98 Å². The number of anilines is 2. The highest BCUT2D eigenvalue weighted by molar-refractivity contribution is 5.63. The first-order valence-electron chi connectivity index (χ1n) is 7.27. The molecule has 0 aliphatic carbocycles. The molecule has 0 atom stereocenters. The smallest absolute Gasteiger partial charge is 0.0562 e. The van der Waals surface area contributed by atoms with Crippen molar-refractivity contribution in [1.82, 2.24) is 10.3 Å². The highest BCUT2D eigenvalue weighted by Crippen LogP contribution is 2.25. The van der Waals surface area contributed by atoms with Crippen molar-refractivity contribution in [2.45, 2.75) is 26.3 Å². The van der Waals surface area contributed by atoms with Gasteiger partial charge in [-0.15, -0.1) is 0 Å². The fourth-order valence-corrected chi connectivity index (χ4v) is 2.24. The molecule has 3 nitrogen and oxygen atoms in total. The van der Waals surface area contributed by atoms with Gasteiger partial charge in [0.1, 0.15) is 0 Å². The van der Waals surface area contributed by atoms with Gasteiger partial charge in [0, 0.05) is 30.7 Å². The number of rotatable bonds is 7. The standard InChI is InChI=1S/C17H23N3/c1-3-4-12-20(16-8-6-5-7-9-16)17-10-11-19-15(13-17)14-18-2/h5-11,13,18H,3-4,12,14H2,1-2H3. The monoisotopic (exact) mass is 269 g/mol. The topological polar surface area (TPSA) is 28.2 Å². The fraction of sp³-hybridized carbons (Fsp3) is 0.353. The van der Waals surface area contributed by atoms with E-state index in [1.807, 2.05) is 13.2 Å². The van der Waals surface area contributed by atoms with Gasteiger partial charge < -0.3 is 10.2 Å². The van der Waals surface area contributed by atoms with E-state index < -0.39 is 0 Å². The minimum absolute atomic E-state index is 0.796. The zero-order chi connectivity index (χ0) is 14.2. The molecule has 0 radical (unpaired) electrons. The van der Waals surface area contributed by atoms with E-state index in [0.29, 0.717) is 0 Å². The van der Waals surface area contributed by atoms with E-state index in [4.69, 9.17) is 0 Å². The molecule has 0 aliphatic heterocycles. The van der Waals surface area contributed by atoms with E-state index in [1.165, 1.54) is 24.2 Å². The average Bonchev–Trinajstić information content (AvgIpc) is 2.50. The Morgan fingerprint density at radius 3 is 2.60 bits per heavy atom. The first kappa shape index (κ1) is 14.5. The lowest BCUT2D eigenvalue weighted by Crippen LogP contribution is -2.19. The van der Waals surface area contributed by atoms with Crippen LogP contribution in [0, 0.1) is 0 Å². The summed E-state index contributed by atoms with van der Waals surface area (Å²) in [5, 5.41) is 3.15. The van der Waals surface area contributed by atoms with Gasteiger partial charge in [0.05, 0.1) is 5.69 Å². The number of nitrogens with one attached hydrogen (secondary N) is 1. The van der Waals surface area contributed by atoms with Crippen LogP contribution in [0.2, 0.25) is 0 Å². The number of hydrogen-bond acceptors (Lipinski definition) is 3. The maximum absolute atomic E-state index is 4.40. The number of aromatic nitrogens is 1. The Morgan fingerprint density at radius 1 is 1.10 bits per heavy atom. The van der Waals surface area contributed by atoms with Crippen LogP contribution in [0.15, 0.2) is 48.7 Å². The summed E-state index contributed by atoms with van der Waals surface area (Å²) in [6.45, 7) is 4.05. The molecule has 0 unspecified atom stereocenters. The van der Waals surface area contributed by atoms with Gasteiger partial charge in [-0.1, -0.05) is 31.5 Å². The molecule has 0 amide bonds. The van der Waals surface area contributed by atoms with Crippen LogP contribution in [0.25, 0.3) is 0 Å². The van der Waals surface area contributed by atoms with Gasteiger partial charge >= 0.3 is 0 Å². The third-order valence-corrected chi connectivity index (χ3v) is 3.27. The molecule has 0 spiro atoms. The summed E-state index contributed by atoms with van der Waals surface area (Å²) >= 11 is 0. The van der Waals surface area contributed by atoms with Crippen LogP contribution < -0.4 is 10.2 Å². The highest BCUT2D eigenvalue weighted by Gasteiger charge is 2.09. The van der Waals surface area contributed by atoms with E-state index in [9.17, 15) is 0 Å². The van der Waals surface area contributed by atoms with Crippen LogP contribution in [-0.4, -0.2) is 18.6 Å². The zero-order valence-corrected chi connectivity index (χ0v) is 12.3. The molecule has 0 saturated carbocycles. The Kier molecular flexibility index (Phi) is 5.56. The first-order valence-corrected chi connectivity index (χ1v) is 7.27. The third-order valence-electron chi connectivity index (χ3n) is 3.27. The van der Waals surface area contributed by atoms with Crippen molar-refractivity contribution in [3.8, 4) is 0 Å². The van der Waals surface area contributed by atoms with E-state index in [1.54, 1.807) is 0 Å². The van der Waals surface area contributed by atoms with Crippen molar-refractivity contribution in [3.05, 3.63) is 54.4 Å². The largest absolute Gasteiger partial charge is 0.341 e. The third kappa shape index (κ3) is 3.81. The lowest BCUT2D eigenvalue weighted by atomic mass is 10.2. The van der Waals surface area contributed by atoms with E-state index in [-0.39, 0.29) is 0 Å². The number of pyridine rings is 1. The van der Waals surface area contributed by atoms with Crippen LogP contribution in [0.1, 0.15) is 25.5 Å². The second-order valence-corrected chi connectivity index (χ2v) is 4.88. The molecule has 0 fully saturated rings. The molecule has 2 rings (SSSR count). The Balaban J connectivity index is 2.28. The van der Waals surface area contributed by atoms with Crippen molar-refractivity contribution in [2.24, 2.45) is 0 Å². The first-order chi connectivity index (χ1) is 9.85. The Bertz CT molecular complexity index is 511. The van der Waals surface area contributed by atoms with Gasteiger partial charge in [0.2, 0.25) is 0 Å². The van der Waals surface area contributed by atoms with Gasteiger partial charge in [-0.05, 0) is 37.7 Å². The Labute approximate surface area is 121 Å². The second kappa shape index (κ2) is 7.65. The van der Waals surface area contributed by atoms with Crippen LogP contribution in [0.4, 0.5) is 11.4 Å². The minimum atomic E-state index is 0.796. The van der Waals surface area contributed by atoms with Crippen molar-refractivity contribution in [2.75, 3.05) is 18.5 Å². The summed E-state index contributed by atoms with van der Waals surface area (Å²) < 4.78 is 0. The van der Waals surface area contributed by atoms with Gasteiger partial charge in [0.25, 0.3) is 0 Å². The lowest BCUT2D eigenvalue weighted by molar-refractivity contribution is 0.775. The average molecular weight is 269 g/mol. The van der Waals surface area contributed by atoms with Crippen molar-refractivity contribution >= 4 is 11.4 Å². The maximum Gasteiger partial charge on any atom is 0.0562 e. The van der Waals surface area contributed by atoms with Crippen LogP contribution >= 0.6 is 0 Å². The second-order valence-electron chi connectivity index (χ2n) is 4.88. The molecule has 1 aromatic heterocycles. The summed E-state index contributed by atoms with van der Waals surface area (Å²) in [6.07, 6.45) is 4.26. The quantitative estimate of drug-likeness (QED) is 0.830. The van der Waals surface area contributed by atoms with Crippen LogP contribution in [0.3, 0.4) is 0 Å². The SMILES string of the molecule is CCCCN(c1ccccc1)c1ccnc(CNC)c1. The summed E-state index contributed by atoms with van der Waals surface area (Å²) in [5.41, 5.74) is 3.52. The number of hydrogen-bond donors (Lipinski definition) is 1. The molecule has 2 aromatic rings. The van der Waals surface area contributed by atoms with Gasteiger partial charge in [-0.25, -0.2) is 0 Å². The number of para-hydroxylation sites is 1. The molecule has 1 N–H and O–H groups in total. The molecule has 0 bridgehead atoms. The summed E-state index contributed by atoms with van der Waals surface area (Å²) in [6, 6.07) is 14.8. The van der Waals surface area contributed by atoms with E-state index in [0.717, 1.165) is 18.8 Å². The van der Waals surface area contributed by atoms with Crippen molar-refractivity contribution in [3.63, 3.8) is 0 Å². The predicted molar refractivity (Wildman–Crippen MR) is 85.4 cm³/mol. The molecular formula is C17H23N3. The van der Waals surface area contributed by atoms with Crippen molar-refractivity contribution in [1.29, 1.82) is 0 Å². The minimum Gasteiger partial charge on any atom is -0.341 e. The molecule has 1 aromatic carbocycles. The maximum atomic E-state index is 4.40.